The average Bonchev–Trinajstić information content (AvgIpc) is 2.67. The number of hydrogen-bond donors (Lipinski definition) is 0. The first-order valence-corrected chi connectivity index (χ1v) is 9.26. The predicted molar refractivity (Wildman–Crippen MR) is 107 cm³/mol. The monoisotopic (exact) mass is 368 g/mol. The summed E-state index contributed by atoms with van der Waals surface area (Å²) in [6, 6.07) is 15.2. The summed E-state index contributed by atoms with van der Waals surface area (Å²) in [4.78, 5) is 28.0. The minimum atomic E-state index is -0.198. The molecular weight excluding hydrogens is 340 g/mol. The second kappa shape index (κ2) is 9.76. The molecule has 0 aliphatic rings. The molecule has 0 saturated heterocycles. The van der Waals surface area contributed by atoms with Crippen LogP contribution in [0.1, 0.15) is 35.3 Å². The lowest BCUT2D eigenvalue weighted by atomic mass is 10.1. The van der Waals surface area contributed by atoms with Gasteiger partial charge in [0.15, 0.2) is 0 Å². The van der Waals surface area contributed by atoms with E-state index in [0.29, 0.717) is 31.0 Å². The van der Waals surface area contributed by atoms with Crippen molar-refractivity contribution in [2.75, 3.05) is 26.7 Å². The summed E-state index contributed by atoms with van der Waals surface area (Å²) in [5.41, 5.74) is 2.76. The number of amides is 2. The number of nitrogens with zero attached hydrogens (tertiary/aromatic N) is 2. The van der Waals surface area contributed by atoms with Gasteiger partial charge in [-0.25, -0.2) is 0 Å². The fourth-order valence-corrected chi connectivity index (χ4v) is 2.86. The molecule has 27 heavy (non-hydrogen) atoms. The Hall–Kier alpha value is -2.82. The molecule has 0 heterocycles. The molecule has 0 spiro atoms. The van der Waals surface area contributed by atoms with Gasteiger partial charge in [0.1, 0.15) is 12.4 Å². The Balaban J connectivity index is 2.00. The lowest BCUT2D eigenvalue weighted by Crippen LogP contribution is -2.41. The Bertz CT molecular complexity index is 785. The molecule has 2 rings (SSSR count). The summed E-state index contributed by atoms with van der Waals surface area (Å²) in [7, 11) is 1.64. The molecule has 0 aliphatic heterocycles. The van der Waals surface area contributed by atoms with E-state index in [0.717, 1.165) is 5.56 Å². The van der Waals surface area contributed by atoms with Gasteiger partial charge in [0.05, 0.1) is 6.54 Å². The first-order valence-electron chi connectivity index (χ1n) is 9.26. The van der Waals surface area contributed by atoms with Crippen LogP contribution in [-0.2, 0) is 11.4 Å². The molecule has 0 radical (unpaired) electrons. The highest BCUT2D eigenvalue weighted by Crippen LogP contribution is 2.17. The quantitative estimate of drug-likeness (QED) is 0.716. The highest BCUT2D eigenvalue weighted by molar-refractivity contribution is 5.96. The molecule has 0 unspecified atom stereocenters. The third kappa shape index (κ3) is 5.84. The van der Waals surface area contributed by atoms with Crippen molar-refractivity contribution in [1.82, 2.24) is 9.80 Å². The zero-order chi connectivity index (χ0) is 19.8. The number of carbonyl (C=O) groups excluding carboxylic acids is 2. The zero-order valence-corrected chi connectivity index (χ0v) is 16.6. The van der Waals surface area contributed by atoms with Gasteiger partial charge in [0, 0.05) is 25.7 Å². The van der Waals surface area contributed by atoms with Gasteiger partial charge >= 0.3 is 0 Å². The van der Waals surface area contributed by atoms with E-state index in [1.54, 1.807) is 30.1 Å². The molecular formula is C22H28N2O3. The lowest BCUT2D eigenvalue weighted by molar-refractivity contribution is -0.131. The molecule has 0 saturated carbocycles. The minimum absolute atomic E-state index is 0.0531. The number of benzene rings is 2. The Morgan fingerprint density at radius 2 is 1.70 bits per heavy atom. The number of carbonyl (C=O) groups is 2. The summed E-state index contributed by atoms with van der Waals surface area (Å²) >= 11 is 0. The largest absolute Gasteiger partial charge is 0.489 e. The van der Waals surface area contributed by atoms with Crippen LogP contribution in [0.5, 0.6) is 5.75 Å². The van der Waals surface area contributed by atoms with Gasteiger partial charge < -0.3 is 14.5 Å². The van der Waals surface area contributed by atoms with E-state index < -0.39 is 0 Å². The lowest BCUT2D eigenvalue weighted by Gasteiger charge is -2.23. The molecule has 0 N–H and O–H groups in total. The van der Waals surface area contributed by atoms with Crippen LogP contribution in [0.3, 0.4) is 0 Å². The van der Waals surface area contributed by atoms with Crippen LogP contribution < -0.4 is 4.74 Å². The Morgan fingerprint density at radius 1 is 1.00 bits per heavy atom. The number of ether oxygens (including phenoxy) is 1. The van der Waals surface area contributed by atoms with Gasteiger partial charge in [-0.1, -0.05) is 35.9 Å². The van der Waals surface area contributed by atoms with Gasteiger partial charge in [0.25, 0.3) is 5.91 Å². The van der Waals surface area contributed by atoms with Crippen LogP contribution in [0.15, 0.2) is 48.5 Å². The maximum atomic E-state index is 12.7. The number of hydrogen-bond acceptors (Lipinski definition) is 3. The minimum Gasteiger partial charge on any atom is -0.489 e. The molecule has 0 aromatic heterocycles. The third-order valence-electron chi connectivity index (χ3n) is 4.40. The van der Waals surface area contributed by atoms with E-state index in [1.807, 2.05) is 45.0 Å². The second-order valence-corrected chi connectivity index (χ2v) is 6.53. The van der Waals surface area contributed by atoms with Crippen molar-refractivity contribution in [2.45, 2.75) is 27.4 Å². The fraction of sp³-hybridized carbons (Fsp3) is 0.364. The molecule has 0 atom stereocenters. The van der Waals surface area contributed by atoms with E-state index in [1.165, 1.54) is 10.5 Å². The van der Waals surface area contributed by atoms with E-state index in [2.05, 4.69) is 6.07 Å². The average molecular weight is 368 g/mol. The van der Waals surface area contributed by atoms with Crippen LogP contribution in [0.2, 0.25) is 0 Å². The Labute approximate surface area is 161 Å². The fourth-order valence-electron chi connectivity index (χ4n) is 2.86. The molecule has 2 amide bonds. The first-order chi connectivity index (χ1) is 12.9. The molecule has 5 nitrogen and oxygen atoms in total. The summed E-state index contributed by atoms with van der Waals surface area (Å²) in [5, 5.41) is 0. The highest BCUT2D eigenvalue weighted by Gasteiger charge is 2.18. The highest BCUT2D eigenvalue weighted by atomic mass is 16.5. The Kier molecular flexibility index (Phi) is 7.41. The van der Waals surface area contributed by atoms with Crippen LogP contribution in [0, 0.1) is 6.92 Å². The second-order valence-electron chi connectivity index (χ2n) is 6.53. The van der Waals surface area contributed by atoms with Gasteiger partial charge in [-0.15, -0.1) is 0 Å². The molecule has 2 aromatic rings. The van der Waals surface area contributed by atoms with Crippen molar-refractivity contribution in [2.24, 2.45) is 0 Å². The molecule has 0 bridgehead atoms. The molecule has 144 valence electrons. The van der Waals surface area contributed by atoms with E-state index in [9.17, 15) is 9.59 Å². The summed E-state index contributed by atoms with van der Waals surface area (Å²) < 4.78 is 5.83. The summed E-state index contributed by atoms with van der Waals surface area (Å²) in [6.45, 7) is 7.68. The number of aryl methyl sites for hydroxylation is 1. The number of likely N-dealkylation sites (N-methyl/N-ethyl adjacent to an activating group) is 2. The van der Waals surface area contributed by atoms with Crippen LogP contribution >= 0.6 is 0 Å². The topological polar surface area (TPSA) is 49.9 Å². The SMILES string of the molecule is CCN(CC)C(=O)CN(C)C(=O)c1cccc(OCc2cccc(C)c2)c1. The van der Waals surface area contributed by atoms with Crippen LogP contribution in [0.4, 0.5) is 0 Å². The van der Waals surface area contributed by atoms with E-state index in [4.69, 9.17) is 4.74 Å². The Morgan fingerprint density at radius 3 is 2.37 bits per heavy atom. The number of rotatable bonds is 8. The maximum Gasteiger partial charge on any atom is 0.254 e. The molecule has 5 heteroatoms. The van der Waals surface area contributed by atoms with Crippen molar-refractivity contribution < 1.29 is 14.3 Å². The van der Waals surface area contributed by atoms with Gasteiger partial charge in [-0.3, -0.25) is 9.59 Å². The van der Waals surface area contributed by atoms with Crippen molar-refractivity contribution >= 4 is 11.8 Å². The van der Waals surface area contributed by atoms with Crippen LogP contribution in [0.25, 0.3) is 0 Å². The summed E-state index contributed by atoms with van der Waals surface area (Å²) in [6.07, 6.45) is 0. The van der Waals surface area contributed by atoms with Gasteiger partial charge in [0.2, 0.25) is 5.91 Å². The third-order valence-corrected chi connectivity index (χ3v) is 4.40. The van der Waals surface area contributed by atoms with Crippen LogP contribution in [-0.4, -0.2) is 48.3 Å². The first kappa shape index (κ1) is 20.5. The van der Waals surface area contributed by atoms with Crippen molar-refractivity contribution in [3.63, 3.8) is 0 Å². The van der Waals surface area contributed by atoms with Crippen molar-refractivity contribution in [3.05, 3.63) is 65.2 Å². The zero-order valence-electron chi connectivity index (χ0n) is 16.6. The van der Waals surface area contributed by atoms with E-state index in [-0.39, 0.29) is 18.4 Å². The van der Waals surface area contributed by atoms with E-state index >= 15 is 0 Å². The van der Waals surface area contributed by atoms with Crippen molar-refractivity contribution in [1.29, 1.82) is 0 Å². The maximum absolute atomic E-state index is 12.7. The summed E-state index contributed by atoms with van der Waals surface area (Å²) in [5.74, 6) is 0.380. The standard InChI is InChI=1S/C22H28N2O3/c1-5-24(6-2)21(25)15-23(4)22(26)19-11-8-12-20(14-19)27-16-18-10-7-9-17(3)13-18/h7-14H,5-6,15-16H2,1-4H3. The van der Waals surface area contributed by atoms with Gasteiger partial charge in [-0.2, -0.15) is 0 Å². The molecule has 0 fully saturated rings. The normalized spacial score (nSPS) is 10.4. The van der Waals surface area contributed by atoms with Crippen molar-refractivity contribution in [3.8, 4) is 5.75 Å². The predicted octanol–water partition coefficient (Wildman–Crippen LogP) is 3.51. The molecule has 0 aliphatic carbocycles. The smallest absolute Gasteiger partial charge is 0.254 e. The molecule has 2 aromatic carbocycles. The van der Waals surface area contributed by atoms with Gasteiger partial charge in [-0.05, 0) is 44.5 Å².